The average Bonchev–Trinajstić information content (AvgIpc) is 2.15. The average molecular weight is 225 g/mol. The third-order valence-electron chi connectivity index (χ3n) is 2.57. The van der Waals surface area contributed by atoms with Crippen LogP contribution >= 0.6 is 0 Å². The van der Waals surface area contributed by atoms with Crippen LogP contribution in [-0.4, -0.2) is 42.3 Å². The van der Waals surface area contributed by atoms with Crippen molar-refractivity contribution in [3.63, 3.8) is 0 Å². The SMILES string of the molecule is CCC(C)N1C(=O)COCC1C(F)(F)F. The number of carbonyl (C=O) groups is 1. The first kappa shape index (κ1) is 12.3. The summed E-state index contributed by atoms with van der Waals surface area (Å²) in [5.41, 5.74) is 0. The van der Waals surface area contributed by atoms with E-state index in [4.69, 9.17) is 0 Å². The van der Waals surface area contributed by atoms with Crippen LogP contribution in [0.1, 0.15) is 20.3 Å². The van der Waals surface area contributed by atoms with Crippen molar-refractivity contribution in [3.8, 4) is 0 Å². The molecular formula is C9H14F3NO2. The Bertz CT molecular complexity index is 242. The molecule has 1 heterocycles. The number of hydrogen-bond donors (Lipinski definition) is 0. The van der Waals surface area contributed by atoms with E-state index in [1.807, 2.05) is 0 Å². The van der Waals surface area contributed by atoms with Crippen LogP contribution in [0.25, 0.3) is 0 Å². The molecule has 1 rings (SSSR count). The summed E-state index contributed by atoms with van der Waals surface area (Å²) in [4.78, 5) is 12.2. The van der Waals surface area contributed by atoms with E-state index in [0.29, 0.717) is 6.42 Å². The van der Waals surface area contributed by atoms with Crippen molar-refractivity contribution < 1.29 is 22.7 Å². The Balaban J connectivity index is 2.87. The number of alkyl halides is 3. The molecule has 0 aromatic rings. The van der Waals surface area contributed by atoms with Gasteiger partial charge in [-0.2, -0.15) is 13.2 Å². The van der Waals surface area contributed by atoms with Gasteiger partial charge in [0.15, 0.2) is 6.04 Å². The zero-order valence-electron chi connectivity index (χ0n) is 8.67. The minimum Gasteiger partial charge on any atom is -0.369 e. The smallest absolute Gasteiger partial charge is 0.369 e. The first-order valence-electron chi connectivity index (χ1n) is 4.83. The predicted molar refractivity (Wildman–Crippen MR) is 47.3 cm³/mol. The van der Waals surface area contributed by atoms with Gasteiger partial charge in [-0.3, -0.25) is 4.79 Å². The van der Waals surface area contributed by atoms with E-state index < -0.39 is 30.8 Å². The first-order valence-corrected chi connectivity index (χ1v) is 4.83. The van der Waals surface area contributed by atoms with Gasteiger partial charge in [-0.1, -0.05) is 6.92 Å². The van der Waals surface area contributed by atoms with Crippen molar-refractivity contribution in [3.05, 3.63) is 0 Å². The number of nitrogens with zero attached hydrogens (tertiary/aromatic N) is 1. The van der Waals surface area contributed by atoms with Crippen molar-refractivity contribution in [1.82, 2.24) is 4.90 Å². The highest BCUT2D eigenvalue weighted by molar-refractivity contribution is 5.78. The molecule has 0 aromatic carbocycles. The summed E-state index contributed by atoms with van der Waals surface area (Å²) in [6.07, 6.45) is -3.92. The molecule has 0 bridgehead atoms. The molecule has 0 saturated carbocycles. The number of hydrogen-bond acceptors (Lipinski definition) is 2. The van der Waals surface area contributed by atoms with Gasteiger partial charge in [0, 0.05) is 6.04 Å². The molecule has 1 amide bonds. The zero-order valence-corrected chi connectivity index (χ0v) is 8.67. The number of carbonyl (C=O) groups excluding carboxylic acids is 1. The normalized spacial score (nSPS) is 25.5. The van der Waals surface area contributed by atoms with Gasteiger partial charge in [0.2, 0.25) is 5.91 Å². The fourth-order valence-electron chi connectivity index (χ4n) is 1.59. The van der Waals surface area contributed by atoms with Gasteiger partial charge >= 0.3 is 6.18 Å². The second kappa shape index (κ2) is 4.38. The molecule has 0 aliphatic carbocycles. The van der Waals surface area contributed by atoms with Crippen LogP contribution in [-0.2, 0) is 9.53 Å². The lowest BCUT2D eigenvalue weighted by atomic mass is 10.1. The van der Waals surface area contributed by atoms with Gasteiger partial charge < -0.3 is 9.64 Å². The van der Waals surface area contributed by atoms with Crippen LogP contribution in [0.5, 0.6) is 0 Å². The molecule has 2 unspecified atom stereocenters. The molecule has 1 saturated heterocycles. The van der Waals surface area contributed by atoms with Crippen molar-refractivity contribution in [2.45, 2.75) is 38.5 Å². The quantitative estimate of drug-likeness (QED) is 0.714. The summed E-state index contributed by atoms with van der Waals surface area (Å²) in [7, 11) is 0. The summed E-state index contributed by atoms with van der Waals surface area (Å²) in [6, 6.07) is -2.21. The third kappa shape index (κ3) is 2.62. The summed E-state index contributed by atoms with van der Waals surface area (Å²) >= 11 is 0. The molecule has 0 aromatic heterocycles. The standard InChI is InChI=1S/C9H14F3NO2/c1-3-6(2)13-7(9(10,11)12)4-15-5-8(13)14/h6-7H,3-5H2,1-2H3. The van der Waals surface area contributed by atoms with E-state index in [1.54, 1.807) is 13.8 Å². The predicted octanol–water partition coefficient (Wildman–Crippen LogP) is 1.57. The topological polar surface area (TPSA) is 29.5 Å². The lowest BCUT2D eigenvalue weighted by molar-refractivity contribution is -0.219. The van der Waals surface area contributed by atoms with Gasteiger partial charge in [-0.15, -0.1) is 0 Å². The number of morpholine rings is 1. The van der Waals surface area contributed by atoms with E-state index in [-0.39, 0.29) is 6.61 Å². The van der Waals surface area contributed by atoms with Crippen LogP contribution in [0.4, 0.5) is 13.2 Å². The molecule has 2 atom stereocenters. The Morgan fingerprint density at radius 1 is 1.60 bits per heavy atom. The summed E-state index contributed by atoms with van der Waals surface area (Å²) in [5.74, 6) is -0.585. The fraction of sp³-hybridized carbons (Fsp3) is 0.889. The summed E-state index contributed by atoms with van der Waals surface area (Å²) in [5, 5.41) is 0. The molecule has 0 spiro atoms. The molecule has 6 heteroatoms. The maximum absolute atomic E-state index is 12.6. The van der Waals surface area contributed by atoms with Crippen molar-refractivity contribution in [2.24, 2.45) is 0 Å². The molecule has 0 radical (unpaired) electrons. The Hall–Kier alpha value is -0.780. The van der Waals surface area contributed by atoms with E-state index >= 15 is 0 Å². The molecule has 0 N–H and O–H groups in total. The maximum atomic E-state index is 12.6. The molecule has 1 aliphatic heterocycles. The highest BCUT2D eigenvalue weighted by atomic mass is 19.4. The van der Waals surface area contributed by atoms with E-state index in [1.165, 1.54) is 0 Å². The minimum atomic E-state index is -4.42. The molecule has 3 nitrogen and oxygen atoms in total. The third-order valence-corrected chi connectivity index (χ3v) is 2.57. The van der Waals surface area contributed by atoms with Gasteiger partial charge in [-0.25, -0.2) is 0 Å². The number of halogens is 3. The number of ether oxygens (including phenoxy) is 1. The van der Waals surface area contributed by atoms with Crippen LogP contribution in [0, 0.1) is 0 Å². The molecular weight excluding hydrogens is 211 g/mol. The highest BCUT2D eigenvalue weighted by Gasteiger charge is 2.48. The molecule has 15 heavy (non-hydrogen) atoms. The number of amides is 1. The van der Waals surface area contributed by atoms with Crippen molar-refractivity contribution in [1.29, 1.82) is 0 Å². The Labute approximate surface area is 86.2 Å². The van der Waals surface area contributed by atoms with Gasteiger partial charge in [0.25, 0.3) is 0 Å². The Morgan fingerprint density at radius 2 is 2.20 bits per heavy atom. The van der Waals surface area contributed by atoms with E-state index in [9.17, 15) is 18.0 Å². The summed E-state index contributed by atoms with van der Waals surface area (Å²) in [6.45, 7) is 2.65. The molecule has 88 valence electrons. The molecule has 1 aliphatic rings. The second-order valence-corrected chi connectivity index (χ2v) is 3.63. The van der Waals surface area contributed by atoms with Crippen LogP contribution < -0.4 is 0 Å². The first-order chi connectivity index (χ1) is 6.88. The van der Waals surface area contributed by atoms with Crippen LogP contribution in [0.15, 0.2) is 0 Å². The lowest BCUT2D eigenvalue weighted by Gasteiger charge is -2.40. The van der Waals surface area contributed by atoms with Gasteiger partial charge in [0.1, 0.15) is 6.61 Å². The summed E-state index contributed by atoms with van der Waals surface area (Å²) < 4.78 is 42.4. The second-order valence-electron chi connectivity index (χ2n) is 3.63. The van der Waals surface area contributed by atoms with Crippen LogP contribution in [0.3, 0.4) is 0 Å². The van der Waals surface area contributed by atoms with Gasteiger partial charge in [-0.05, 0) is 13.3 Å². The number of rotatable bonds is 2. The Kier molecular flexibility index (Phi) is 3.59. The Morgan fingerprint density at radius 3 is 2.67 bits per heavy atom. The maximum Gasteiger partial charge on any atom is 0.411 e. The van der Waals surface area contributed by atoms with Crippen molar-refractivity contribution in [2.75, 3.05) is 13.2 Å². The highest BCUT2D eigenvalue weighted by Crippen LogP contribution is 2.29. The van der Waals surface area contributed by atoms with Gasteiger partial charge in [0.05, 0.1) is 6.61 Å². The minimum absolute atomic E-state index is 0.253. The largest absolute Gasteiger partial charge is 0.411 e. The zero-order chi connectivity index (χ0) is 11.6. The van der Waals surface area contributed by atoms with Crippen molar-refractivity contribution >= 4 is 5.91 Å². The monoisotopic (exact) mass is 225 g/mol. The fourth-order valence-corrected chi connectivity index (χ4v) is 1.59. The van der Waals surface area contributed by atoms with E-state index in [0.717, 1.165) is 4.90 Å². The lowest BCUT2D eigenvalue weighted by Crippen LogP contribution is -2.59. The van der Waals surface area contributed by atoms with E-state index in [2.05, 4.69) is 4.74 Å². The van der Waals surface area contributed by atoms with Crippen LogP contribution in [0.2, 0.25) is 0 Å². The molecule has 1 fully saturated rings.